The zero-order valence-electron chi connectivity index (χ0n) is 10.7. The van der Waals surface area contributed by atoms with Gasteiger partial charge in [0.25, 0.3) is 5.91 Å². The van der Waals surface area contributed by atoms with E-state index in [2.05, 4.69) is 4.74 Å². The number of carbonyl (C=O) groups is 2. The number of nitrogens with one attached hydrogen (secondary N) is 1. The van der Waals surface area contributed by atoms with E-state index in [4.69, 9.17) is 0 Å². The van der Waals surface area contributed by atoms with Crippen LogP contribution in [0.2, 0.25) is 0 Å². The van der Waals surface area contributed by atoms with Crippen molar-refractivity contribution in [3.8, 4) is 0 Å². The second kappa shape index (κ2) is 6.94. The number of esters is 1. The fourth-order valence-electron chi connectivity index (χ4n) is 0.998. The molecule has 0 heterocycles. The van der Waals surface area contributed by atoms with Crippen LogP contribution >= 0.6 is 0 Å². The Morgan fingerprint density at radius 1 is 1.05 bits per heavy atom. The minimum Gasteiger partial charge on any atom is -0.466 e. The van der Waals surface area contributed by atoms with Crippen molar-refractivity contribution in [2.24, 2.45) is 0 Å². The van der Waals surface area contributed by atoms with Crippen LogP contribution in [-0.4, -0.2) is 43.0 Å². The Bertz CT molecular complexity index is 381. The summed E-state index contributed by atoms with van der Waals surface area (Å²) in [6.45, 7) is 0.828. The number of halogens is 7. The zero-order valence-corrected chi connectivity index (χ0v) is 10.7. The Balaban J connectivity index is 4.55. The molecule has 0 aliphatic heterocycles. The average molecular weight is 327 g/mol. The van der Waals surface area contributed by atoms with Crippen molar-refractivity contribution in [1.29, 1.82) is 0 Å². The third kappa shape index (κ3) is 4.74. The second-order valence-electron chi connectivity index (χ2n) is 3.87. The number of ether oxygens (including phenoxy) is 1. The van der Waals surface area contributed by atoms with Crippen molar-refractivity contribution in [3.05, 3.63) is 0 Å². The van der Waals surface area contributed by atoms with Gasteiger partial charge in [0.15, 0.2) is 0 Å². The topological polar surface area (TPSA) is 55.4 Å². The van der Waals surface area contributed by atoms with Gasteiger partial charge >= 0.3 is 24.0 Å². The third-order valence-corrected chi connectivity index (χ3v) is 2.12. The molecule has 0 unspecified atom stereocenters. The Hall–Kier alpha value is -1.55. The lowest BCUT2D eigenvalue weighted by Crippen LogP contribution is -2.59. The lowest BCUT2D eigenvalue weighted by molar-refractivity contribution is -0.344. The SMILES string of the molecule is CCCOC(=O)CCNC(=O)C(F)(F)C(F)(F)C(F)(F)F. The van der Waals surface area contributed by atoms with E-state index in [9.17, 15) is 40.3 Å². The van der Waals surface area contributed by atoms with Crippen molar-refractivity contribution in [2.45, 2.75) is 37.8 Å². The predicted molar refractivity (Wildman–Crippen MR) is 54.8 cm³/mol. The van der Waals surface area contributed by atoms with Crippen molar-refractivity contribution in [1.82, 2.24) is 5.32 Å². The molecule has 0 spiro atoms. The summed E-state index contributed by atoms with van der Waals surface area (Å²) in [6.07, 6.45) is -6.76. The smallest absolute Gasteiger partial charge is 0.460 e. The molecule has 0 aromatic heterocycles. The van der Waals surface area contributed by atoms with Gasteiger partial charge in [-0.3, -0.25) is 9.59 Å². The van der Waals surface area contributed by atoms with Gasteiger partial charge in [-0.25, -0.2) is 0 Å². The van der Waals surface area contributed by atoms with Gasteiger partial charge < -0.3 is 10.1 Å². The number of hydrogen-bond donors (Lipinski definition) is 1. The van der Waals surface area contributed by atoms with E-state index in [1.54, 1.807) is 6.92 Å². The molecule has 0 saturated carbocycles. The lowest BCUT2D eigenvalue weighted by Gasteiger charge is -2.26. The van der Waals surface area contributed by atoms with Gasteiger partial charge in [0.05, 0.1) is 13.0 Å². The zero-order chi connectivity index (χ0) is 16.9. The van der Waals surface area contributed by atoms with Gasteiger partial charge in [0.1, 0.15) is 0 Å². The van der Waals surface area contributed by atoms with Crippen LogP contribution in [0.15, 0.2) is 0 Å². The molecular weight excluding hydrogens is 315 g/mol. The van der Waals surface area contributed by atoms with Crippen LogP contribution in [0, 0.1) is 0 Å². The highest BCUT2D eigenvalue weighted by Crippen LogP contribution is 2.46. The maximum atomic E-state index is 12.8. The summed E-state index contributed by atoms with van der Waals surface area (Å²) in [7, 11) is 0. The molecule has 0 fully saturated rings. The average Bonchev–Trinajstić information content (AvgIpc) is 2.34. The lowest BCUT2D eigenvalue weighted by atomic mass is 10.1. The Kier molecular flexibility index (Phi) is 6.43. The molecule has 0 aromatic carbocycles. The fraction of sp³-hybridized carbons (Fsp3) is 0.800. The molecular formula is C10H12F7NO3. The number of alkyl halides is 7. The van der Waals surface area contributed by atoms with Crippen molar-refractivity contribution in [3.63, 3.8) is 0 Å². The van der Waals surface area contributed by atoms with Gasteiger partial charge in [-0.1, -0.05) is 6.92 Å². The summed E-state index contributed by atoms with van der Waals surface area (Å²) >= 11 is 0. The second-order valence-corrected chi connectivity index (χ2v) is 3.87. The van der Waals surface area contributed by atoms with E-state index in [-0.39, 0.29) is 6.61 Å². The van der Waals surface area contributed by atoms with Crippen LogP contribution in [0.1, 0.15) is 19.8 Å². The number of carbonyl (C=O) groups excluding carboxylic acids is 2. The fourth-order valence-corrected chi connectivity index (χ4v) is 0.998. The van der Waals surface area contributed by atoms with E-state index < -0.39 is 42.9 Å². The summed E-state index contributed by atoms with van der Waals surface area (Å²) in [4.78, 5) is 21.7. The first-order valence-electron chi connectivity index (χ1n) is 5.64. The molecule has 1 amide bonds. The monoisotopic (exact) mass is 327 g/mol. The molecule has 124 valence electrons. The minimum atomic E-state index is -6.59. The Labute approximate surface area is 114 Å². The highest BCUT2D eigenvalue weighted by molar-refractivity contribution is 5.85. The molecule has 0 rings (SSSR count). The third-order valence-electron chi connectivity index (χ3n) is 2.12. The normalized spacial score (nSPS) is 13.0. The van der Waals surface area contributed by atoms with Crippen LogP contribution in [0.4, 0.5) is 30.7 Å². The minimum absolute atomic E-state index is 0.0229. The van der Waals surface area contributed by atoms with Crippen LogP contribution in [-0.2, 0) is 14.3 Å². The van der Waals surface area contributed by atoms with Crippen LogP contribution < -0.4 is 5.32 Å². The molecule has 0 aromatic rings. The van der Waals surface area contributed by atoms with E-state index in [0.29, 0.717) is 6.42 Å². The highest BCUT2D eigenvalue weighted by Gasteiger charge is 2.76. The van der Waals surface area contributed by atoms with Gasteiger partial charge in [-0.2, -0.15) is 30.7 Å². The highest BCUT2D eigenvalue weighted by atomic mass is 19.4. The van der Waals surface area contributed by atoms with Gasteiger partial charge in [0.2, 0.25) is 0 Å². The molecule has 4 nitrogen and oxygen atoms in total. The molecule has 21 heavy (non-hydrogen) atoms. The molecule has 0 bridgehead atoms. The van der Waals surface area contributed by atoms with E-state index in [0.717, 1.165) is 5.32 Å². The van der Waals surface area contributed by atoms with E-state index in [1.807, 2.05) is 0 Å². The number of hydrogen-bond acceptors (Lipinski definition) is 3. The van der Waals surface area contributed by atoms with Crippen molar-refractivity contribution in [2.75, 3.05) is 13.2 Å². The molecule has 0 aliphatic rings. The van der Waals surface area contributed by atoms with Gasteiger partial charge in [-0.05, 0) is 6.42 Å². The van der Waals surface area contributed by atoms with E-state index >= 15 is 0 Å². The summed E-state index contributed by atoms with van der Waals surface area (Å²) in [5.41, 5.74) is 0. The van der Waals surface area contributed by atoms with Crippen LogP contribution in [0.3, 0.4) is 0 Å². The molecule has 0 atom stereocenters. The summed E-state index contributed by atoms with van der Waals surface area (Å²) in [5.74, 6) is -16.2. The van der Waals surface area contributed by atoms with Crippen molar-refractivity contribution < 1.29 is 45.1 Å². The van der Waals surface area contributed by atoms with Gasteiger partial charge in [0, 0.05) is 6.54 Å². The Morgan fingerprint density at radius 2 is 1.57 bits per heavy atom. The van der Waals surface area contributed by atoms with Crippen molar-refractivity contribution >= 4 is 11.9 Å². The first-order chi connectivity index (χ1) is 9.38. The standard InChI is InChI=1S/C10H12F7NO3/c1-2-5-21-6(19)3-4-18-7(20)8(11,12)9(13,14)10(15,16)17/h2-5H2,1H3,(H,18,20). The molecule has 0 aliphatic carbocycles. The molecule has 1 N–H and O–H groups in total. The summed E-state index contributed by atoms with van der Waals surface area (Å²) < 4.78 is 90.5. The number of amides is 1. The molecule has 0 radical (unpaired) electrons. The van der Waals surface area contributed by atoms with E-state index in [1.165, 1.54) is 0 Å². The summed E-state index contributed by atoms with van der Waals surface area (Å²) in [6, 6.07) is 0. The summed E-state index contributed by atoms with van der Waals surface area (Å²) in [5, 5.41) is 1.14. The van der Waals surface area contributed by atoms with Crippen LogP contribution in [0.5, 0.6) is 0 Å². The maximum absolute atomic E-state index is 12.8. The predicted octanol–water partition coefficient (Wildman–Crippen LogP) is 2.28. The molecule has 11 heteroatoms. The molecule has 0 saturated heterocycles. The number of rotatable bonds is 7. The van der Waals surface area contributed by atoms with Crippen LogP contribution in [0.25, 0.3) is 0 Å². The van der Waals surface area contributed by atoms with Gasteiger partial charge in [-0.15, -0.1) is 0 Å². The first-order valence-corrected chi connectivity index (χ1v) is 5.64. The maximum Gasteiger partial charge on any atom is 0.460 e. The largest absolute Gasteiger partial charge is 0.466 e. The Morgan fingerprint density at radius 3 is 2.00 bits per heavy atom. The first kappa shape index (κ1) is 19.4. The quantitative estimate of drug-likeness (QED) is 0.576.